The van der Waals surface area contributed by atoms with Gasteiger partial charge in [-0.2, -0.15) is 18.4 Å². The molecule has 3 aromatic heterocycles. The maximum Gasteiger partial charge on any atom is 0.410 e. The van der Waals surface area contributed by atoms with Crippen LogP contribution in [0.2, 0.25) is 0 Å². The highest BCUT2D eigenvalue weighted by Gasteiger charge is 2.36. The molecule has 0 saturated carbocycles. The molecule has 0 N–H and O–H groups in total. The van der Waals surface area contributed by atoms with Crippen LogP contribution in [0.1, 0.15) is 49.6 Å². The van der Waals surface area contributed by atoms with Crippen molar-refractivity contribution in [1.29, 1.82) is 5.26 Å². The first-order valence-corrected chi connectivity index (χ1v) is 16.1. The number of alkyl halides is 3. The van der Waals surface area contributed by atoms with Crippen LogP contribution in [0.15, 0.2) is 52.3 Å². The van der Waals surface area contributed by atoms with Crippen molar-refractivity contribution in [3.63, 3.8) is 0 Å². The van der Waals surface area contributed by atoms with Gasteiger partial charge in [-0.25, -0.2) is 9.59 Å². The molecule has 246 valence electrons. The Balaban J connectivity index is 1.39. The minimum atomic E-state index is -4.63. The van der Waals surface area contributed by atoms with Gasteiger partial charge in [0, 0.05) is 65.8 Å². The summed E-state index contributed by atoms with van der Waals surface area (Å²) in [5.74, 6) is 0. The number of benzene rings is 1. The van der Waals surface area contributed by atoms with Crippen LogP contribution in [0.5, 0.6) is 0 Å². The zero-order valence-corrected chi connectivity index (χ0v) is 27.0. The number of hydrogen-bond donors (Lipinski definition) is 0. The number of nitriles is 1. The number of halogens is 3. The molecule has 0 unspecified atom stereocenters. The van der Waals surface area contributed by atoms with E-state index in [4.69, 9.17) is 4.74 Å². The van der Waals surface area contributed by atoms with Gasteiger partial charge < -0.3 is 14.5 Å². The number of fused-ring (bicyclic) bond motifs is 2. The van der Waals surface area contributed by atoms with Crippen LogP contribution in [-0.2, 0) is 24.2 Å². The maximum atomic E-state index is 13.0. The summed E-state index contributed by atoms with van der Waals surface area (Å²) in [5.41, 5.74) is 2.40. The molecule has 1 amide bonds. The van der Waals surface area contributed by atoms with Crippen molar-refractivity contribution < 1.29 is 22.7 Å². The van der Waals surface area contributed by atoms with E-state index < -0.39 is 29.6 Å². The summed E-state index contributed by atoms with van der Waals surface area (Å²) in [6.45, 7) is 5.63. The fourth-order valence-electron chi connectivity index (χ4n) is 6.35. The number of rotatable bonds is 5. The second kappa shape index (κ2) is 12.2. The van der Waals surface area contributed by atoms with E-state index in [1.54, 1.807) is 17.2 Å². The third-order valence-electron chi connectivity index (χ3n) is 8.26. The molecule has 1 aromatic carbocycles. The van der Waals surface area contributed by atoms with Crippen molar-refractivity contribution in [1.82, 2.24) is 19.0 Å². The Bertz CT molecular complexity index is 2020. The maximum absolute atomic E-state index is 13.0. The predicted molar refractivity (Wildman–Crippen MR) is 172 cm³/mol. The number of carbonyl (C=O) groups excluding carboxylic acids is 1. The molecule has 47 heavy (non-hydrogen) atoms. The fourth-order valence-corrected chi connectivity index (χ4v) is 7.48. The molecular weight excluding hydrogens is 633 g/mol. The number of thiophene rings is 1. The quantitative estimate of drug-likeness (QED) is 0.275. The predicted octanol–water partition coefficient (Wildman–Crippen LogP) is 5.53. The van der Waals surface area contributed by atoms with Crippen molar-refractivity contribution in [3.05, 3.63) is 79.6 Å². The van der Waals surface area contributed by atoms with E-state index in [0.717, 1.165) is 69.7 Å². The summed E-state index contributed by atoms with van der Waals surface area (Å²) >= 11 is 1.29. The molecule has 1 fully saturated rings. The lowest BCUT2D eigenvalue weighted by molar-refractivity contribution is -0.141. The highest BCUT2D eigenvalue weighted by Crippen LogP contribution is 2.44. The van der Waals surface area contributed by atoms with Gasteiger partial charge in [0.25, 0.3) is 5.56 Å². The molecule has 1 saturated heterocycles. The lowest BCUT2D eigenvalue weighted by atomic mass is 9.90. The third-order valence-corrected chi connectivity index (χ3v) is 9.40. The van der Waals surface area contributed by atoms with Gasteiger partial charge in [0.15, 0.2) is 0 Å². The molecule has 10 nitrogen and oxygen atoms in total. The molecule has 5 heterocycles. The van der Waals surface area contributed by atoms with Crippen molar-refractivity contribution in [3.8, 4) is 17.2 Å². The molecule has 6 rings (SSSR count). The summed E-state index contributed by atoms with van der Waals surface area (Å²) in [7, 11) is 0. The Kier molecular flexibility index (Phi) is 8.38. The SMILES string of the molecule is CC(C)(C)OC(=O)N1CC[C@H](N2CCCc3cc(C#N)cc(-c4ccnc5cc(Cn6c(=O)ccn(CC(F)(F)F)c6=O)sc45)c32)C1. The Morgan fingerprint density at radius 2 is 1.91 bits per heavy atom. The number of ether oxygens (including phenoxy) is 1. The molecule has 0 radical (unpaired) electrons. The molecule has 0 spiro atoms. The van der Waals surface area contributed by atoms with Crippen LogP contribution in [0.3, 0.4) is 0 Å². The Labute approximate surface area is 272 Å². The van der Waals surface area contributed by atoms with Gasteiger partial charge in [-0.05, 0) is 69.9 Å². The monoisotopic (exact) mass is 666 g/mol. The average Bonchev–Trinajstić information content (AvgIpc) is 3.66. The molecule has 0 bridgehead atoms. The second-order valence-corrected chi connectivity index (χ2v) is 14.0. The first kappa shape index (κ1) is 32.3. The van der Waals surface area contributed by atoms with Gasteiger partial charge in [-0.3, -0.25) is 18.9 Å². The van der Waals surface area contributed by atoms with E-state index in [9.17, 15) is 32.8 Å². The number of likely N-dealkylation sites (tertiary alicyclic amines) is 1. The molecule has 14 heteroatoms. The number of pyridine rings is 1. The van der Waals surface area contributed by atoms with Crippen molar-refractivity contribution in [2.24, 2.45) is 0 Å². The van der Waals surface area contributed by atoms with Crippen LogP contribution < -0.4 is 16.1 Å². The smallest absolute Gasteiger partial charge is 0.410 e. The van der Waals surface area contributed by atoms with Crippen molar-refractivity contribution >= 4 is 33.3 Å². The number of nitrogens with zero attached hydrogens (tertiary/aromatic N) is 6. The minimum absolute atomic E-state index is 0.0355. The van der Waals surface area contributed by atoms with Gasteiger partial charge in [-0.1, -0.05) is 0 Å². The van der Waals surface area contributed by atoms with E-state index in [1.165, 1.54) is 11.3 Å². The van der Waals surface area contributed by atoms with Gasteiger partial charge >= 0.3 is 18.0 Å². The van der Waals surface area contributed by atoms with E-state index in [1.807, 2.05) is 39.0 Å². The lowest BCUT2D eigenvalue weighted by Gasteiger charge is -2.38. The Hall–Kier alpha value is -4.64. The van der Waals surface area contributed by atoms with E-state index >= 15 is 0 Å². The van der Waals surface area contributed by atoms with Crippen LogP contribution >= 0.6 is 11.3 Å². The second-order valence-electron chi connectivity index (χ2n) is 12.9. The third kappa shape index (κ3) is 6.76. The summed E-state index contributed by atoms with van der Waals surface area (Å²) in [4.78, 5) is 47.4. The summed E-state index contributed by atoms with van der Waals surface area (Å²) in [6.07, 6.45) is -0.0454. The van der Waals surface area contributed by atoms with Crippen molar-refractivity contribution in [2.75, 3.05) is 24.5 Å². The normalized spacial score (nSPS) is 16.7. The fraction of sp³-hybridized carbons (Fsp3) is 0.424. The van der Waals surface area contributed by atoms with Crippen LogP contribution in [-0.4, -0.2) is 62.6 Å². The number of anilines is 1. The standard InChI is InChI=1S/C33H33F3N6O4S/c1-32(2,3)46-31(45)39-11-7-22(17-39)41-10-4-5-21-13-20(16-37)14-25(28(21)41)24-6-9-38-26-15-23(47-29(24)26)18-42-27(43)8-12-40(30(42)44)19-33(34,35)36/h6,8-9,12-15,22H,4-5,7,10-11,17-19H2,1-3H3/t22-/m0/s1. The summed E-state index contributed by atoms with van der Waals surface area (Å²) in [5, 5.41) is 9.94. The summed E-state index contributed by atoms with van der Waals surface area (Å²) in [6, 6.07) is 10.6. The zero-order valence-electron chi connectivity index (χ0n) is 26.1. The molecule has 2 aliphatic rings. The molecule has 1 atom stereocenters. The first-order valence-electron chi connectivity index (χ1n) is 15.3. The molecule has 2 aliphatic heterocycles. The topological polar surface area (TPSA) is 113 Å². The molecular formula is C33H33F3N6O4S. The highest BCUT2D eigenvalue weighted by molar-refractivity contribution is 7.19. The number of amides is 1. The van der Waals surface area contributed by atoms with Gasteiger partial charge in [-0.15, -0.1) is 11.3 Å². The lowest BCUT2D eigenvalue weighted by Crippen LogP contribution is -2.43. The molecule has 4 aromatic rings. The van der Waals surface area contributed by atoms with Crippen LogP contribution in [0.25, 0.3) is 21.3 Å². The molecule has 0 aliphatic carbocycles. The van der Waals surface area contributed by atoms with Crippen LogP contribution in [0, 0.1) is 11.3 Å². The number of hydrogen-bond acceptors (Lipinski definition) is 8. The van der Waals surface area contributed by atoms with Crippen LogP contribution in [0.4, 0.5) is 23.7 Å². The zero-order chi connectivity index (χ0) is 33.7. The van der Waals surface area contributed by atoms with E-state index in [0.29, 0.717) is 33.6 Å². The minimum Gasteiger partial charge on any atom is -0.444 e. The Morgan fingerprint density at radius 1 is 1.13 bits per heavy atom. The number of aromatic nitrogens is 3. The first-order chi connectivity index (χ1) is 22.2. The largest absolute Gasteiger partial charge is 0.444 e. The number of aryl methyl sites for hydroxylation is 1. The van der Waals surface area contributed by atoms with Crippen molar-refractivity contribution in [2.45, 2.75) is 70.9 Å². The number of carbonyl (C=O) groups is 1. The van der Waals surface area contributed by atoms with Gasteiger partial charge in [0.1, 0.15) is 12.1 Å². The van der Waals surface area contributed by atoms with E-state index in [2.05, 4.69) is 16.0 Å². The highest BCUT2D eigenvalue weighted by atomic mass is 32.1. The average molecular weight is 667 g/mol. The van der Waals surface area contributed by atoms with Gasteiger partial charge in [0.05, 0.1) is 28.4 Å². The summed E-state index contributed by atoms with van der Waals surface area (Å²) < 4.78 is 46.8. The van der Waals surface area contributed by atoms with E-state index in [-0.39, 0.29) is 18.7 Å². The van der Waals surface area contributed by atoms with Gasteiger partial charge in [0.2, 0.25) is 0 Å². The Morgan fingerprint density at radius 3 is 2.64 bits per heavy atom.